The molecule has 0 fully saturated rings. The molecule has 1 atom stereocenters. The minimum atomic E-state index is -0.982. The van der Waals surface area contributed by atoms with Crippen molar-refractivity contribution in [3.05, 3.63) is 70.4 Å². The molecule has 2 aliphatic heterocycles. The molecule has 0 amide bonds. The van der Waals surface area contributed by atoms with Crippen LogP contribution < -0.4 is 5.32 Å². The van der Waals surface area contributed by atoms with Gasteiger partial charge >= 0.3 is 5.97 Å². The second-order valence-electron chi connectivity index (χ2n) is 10.7. The number of hydroxylamine groups is 2. The molecule has 3 N–H and O–H groups in total. The number of rotatable bonds is 6. The molecule has 5 heterocycles. The summed E-state index contributed by atoms with van der Waals surface area (Å²) in [7, 11) is 0. The number of halogens is 2. The number of esters is 1. The first-order valence-corrected chi connectivity index (χ1v) is 13.8. The van der Waals surface area contributed by atoms with Crippen LogP contribution in [-0.2, 0) is 14.4 Å². The summed E-state index contributed by atoms with van der Waals surface area (Å²) < 4.78 is 38.8. The lowest BCUT2D eigenvalue weighted by atomic mass is 9.81. The van der Waals surface area contributed by atoms with E-state index in [0.29, 0.717) is 44.0 Å². The Labute approximate surface area is 237 Å². The Hall–Kier alpha value is -3.94. The molecule has 3 aromatic heterocycles. The molecular formula is C28H27F2N5O5S. The zero-order valence-corrected chi connectivity index (χ0v) is 23.5. The average molecular weight is 584 g/mol. The standard InChI is InChI=1S/C28H27F2N5O5S/c1-5-38-26(37)25-24-13(10-31-25)22(23-18(32-24)11-35(12-19(23)36)40-28(2,3)4)20-6-7-21(39-20)41-27-33-16-8-14(29)15(30)9-17(16)34-27/h6-10,22,31-32H,5,11-12H2,1-4H3,(H,33,34). The zero-order chi connectivity index (χ0) is 29.1. The smallest absolute Gasteiger partial charge is 0.356 e. The van der Waals surface area contributed by atoms with Crippen LogP contribution >= 0.6 is 11.8 Å². The monoisotopic (exact) mass is 583 g/mol. The molecule has 0 saturated heterocycles. The van der Waals surface area contributed by atoms with E-state index in [9.17, 15) is 18.4 Å². The van der Waals surface area contributed by atoms with Crippen LogP contribution in [0.2, 0.25) is 0 Å². The van der Waals surface area contributed by atoms with Gasteiger partial charge in [0.25, 0.3) is 0 Å². The number of imidazole rings is 1. The highest BCUT2D eigenvalue weighted by Gasteiger charge is 2.42. The van der Waals surface area contributed by atoms with Crippen LogP contribution in [0.3, 0.4) is 0 Å². The number of aromatic amines is 2. The van der Waals surface area contributed by atoms with Gasteiger partial charge in [-0.1, -0.05) is 0 Å². The van der Waals surface area contributed by atoms with Crippen LogP contribution in [0, 0.1) is 11.6 Å². The van der Waals surface area contributed by atoms with E-state index in [1.54, 1.807) is 30.3 Å². The molecule has 10 nitrogen and oxygen atoms in total. The summed E-state index contributed by atoms with van der Waals surface area (Å²) in [6, 6.07) is 5.57. The van der Waals surface area contributed by atoms with Crippen molar-refractivity contribution in [3.63, 3.8) is 0 Å². The maximum atomic E-state index is 13.7. The van der Waals surface area contributed by atoms with Gasteiger partial charge in [-0.3, -0.25) is 9.63 Å². The van der Waals surface area contributed by atoms with Crippen LogP contribution in [0.5, 0.6) is 0 Å². The highest BCUT2D eigenvalue weighted by Crippen LogP contribution is 2.46. The number of aromatic nitrogens is 3. The number of benzene rings is 1. The van der Waals surface area contributed by atoms with Crippen LogP contribution in [0.1, 0.15) is 55.4 Å². The van der Waals surface area contributed by atoms with E-state index < -0.39 is 29.1 Å². The van der Waals surface area contributed by atoms with E-state index in [2.05, 4.69) is 20.3 Å². The number of ketones is 1. The maximum Gasteiger partial charge on any atom is 0.356 e. The van der Waals surface area contributed by atoms with Gasteiger partial charge in [-0.15, -0.1) is 0 Å². The van der Waals surface area contributed by atoms with Gasteiger partial charge in [0.05, 0.1) is 47.9 Å². The quantitative estimate of drug-likeness (QED) is 0.252. The fourth-order valence-corrected chi connectivity index (χ4v) is 5.83. The van der Waals surface area contributed by atoms with Gasteiger partial charge in [0.15, 0.2) is 27.7 Å². The molecule has 4 aromatic rings. The van der Waals surface area contributed by atoms with Gasteiger partial charge in [0, 0.05) is 35.2 Å². The van der Waals surface area contributed by atoms with Crippen molar-refractivity contribution in [1.29, 1.82) is 0 Å². The Morgan fingerprint density at radius 3 is 2.76 bits per heavy atom. The van der Waals surface area contributed by atoms with Crippen molar-refractivity contribution in [2.24, 2.45) is 0 Å². The minimum absolute atomic E-state index is 0.0488. The molecule has 0 spiro atoms. The molecule has 2 aliphatic rings. The van der Waals surface area contributed by atoms with Gasteiger partial charge in [0.2, 0.25) is 0 Å². The van der Waals surface area contributed by atoms with Crippen LogP contribution in [0.15, 0.2) is 56.4 Å². The van der Waals surface area contributed by atoms with E-state index in [-0.39, 0.29) is 36.7 Å². The van der Waals surface area contributed by atoms with Crippen molar-refractivity contribution < 1.29 is 32.4 Å². The molecule has 214 valence electrons. The summed E-state index contributed by atoms with van der Waals surface area (Å²) >= 11 is 1.14. The second kappa shape index (κ2) is 10.2. The van der Waals surface area contributed by atoms with Gasteiger partial charge in [-0.2, -0.15) is 5.06 Å². The zero-order valence-electron chi connectivity index (χ0n) is 22.7. The first kappa shape index (κ1) is 27.2. The van der Waals surface area contributed by atoms with Crippen molar-refractivity contribution in [2.45, 2.75) is 49.5 Å². The highest BCUT2D eigenvalue weighted by atomic mass is 32.2. The SMILES string of the molecule is CCOC(=O)c1[nH]cc2c1NC1=C(C(=O)CN(OC(C)(C)C)C1)C2c1ccc(Sc2nc3cc(F)c(F)cc3[nH]2)o1. The number of carbonyl (C=O) groups is 2. The first-order chi connectivity index (χ1) is 19.5. The number of ether oxygens (including phenoxy) is 1. The molecule has 1 unspecified atom stereocenters. The highest BCUT2D eigenvalue weighted by molar-refractivity contribution is 7.99. The van der Waals surface area contributed by atoms with Gasteiger partial charge in [-0.25, -0.2) is 18.6 Å². The number of hydrogen-bond donors (Lipinski definition) is 3. The van der Waals surface area contributed by atoms with Crippen molar-refractivity contribution in [1.82, 2.24) is 20.0 Å². The summed E-state index contributed by atoms with van der Waals surface area (Å²) in [5, 5.41) is 5.72. The summed E-state index contributed by atoms with van der Waals surface area (Å²) in [5.74, 6) is -2.76. The first-order valence-electron chi connectivity index (χ1n) is 13.0. The lowest BCUT2D eigenvalue weighted by Crippen LogP contribution is -2.45. The largest absolute Gasteiger partial charge is 0.461 e. The summed E-state index contributed by atoms with van der Waals surface area (Å²) in [6.07, 6.45) is 1.67. The van der Waals surface area contributed by atoms with Gasteiger partial charge < -0.3 is 24.4 Å². The Morgan fingerprint density at radius 1 is 1.22 bits per heavy atom. The maximum absolute atomic E-state index is 13.7. The fourth-order valence-electron chi connectivity index (χ4n) is 5.06. The van der Waals surface area contributed by atoms with E-state index >= 15 is 0 Å². The topological polar surface area (TPSA) is 125 Å². The molecule has 0 saturated carbocycles. The number of carbonyl (C=O) groups excluding carboxylic acids is 2. The number of anilines is 1. The molecule has 1 aromatic carbocycles. The molecule has 13 heteroatoms. The van der Waals surface area contributed by atoms with Crippen molar-refractivity contribution in [3.8, 4) is 0 Å². The molecule has 6 rings (SSSR count). The molecule has 0 aliphatic carbocycles. The number of nitrogens with zero attached hydrogens (tertiary/aromatic N) is 2. The van der Waals surface area contributed by atoms with Gasteiger partial charge in [0.1, 0.15) is 11.5 Å². The lowest BCUT2D eigenvalue weighted by molar-refractivity contribution is -0.223. The van der Waals surface area contributed by atoms with Crippen molar-refractivity contribution >= 4 is 40.2 Å². The van der Waals surface area contributed by atoms with E-state index in [0.717, 1.165) is 23.9 Å². The number of Topliss-reactive ketones (excluding diaryl/α,β-unsaturated/α-hetero) is 1. The minimum Gasteiger partial charge on any atom is -0.461 e. The third-order valence-corrected chi connectivity index (χ3v) is 7.34. The second-order valence-corrected chi connectivity index (χ2v) is 11.7. The third-order valence-electron chi connectivity index (χ3n) is 6.53. The Kier molecular flexibility index (Phi) is 6.75. The van der Waals surface area contributed by atoms with Crippen LogP contribution in [0.25, 0.3) is 11.0 Å². The molecular weight excluding hydrogens is 556 g/mol. The van der Waals surface area contributed by atoms with Crippen molar-refractivity contribution in [2.75, 3.05) is 25.0 Å². The van der Waals surface area contributed by atoms with E-state index in [1.807, 2.05) is 20.8 Å². The third kappa shape index (κ3) is 5.16. The Morgan fingerprint density at radius 2 is 2.00 bits per heavy atom. The molecule has 0 radical (unpaired) electrons. The molecule has 41 heavy (non-hydrogen) atoms. The lowest BCUT2D eigenvalue weighted by Gasteiger charge is -2.38. The normalized spacial score (nSPS) is 17.5. The predicted molar refractivity (Wildman–Crippen MR) is 145 cm³/mol. The summed E-state index contributed by atoms with van der Waals surface area (Å²) in [6.45, 7) is 7.97. The number of hydrogen-bond acceptors (Lipinski definition) is 9. The number of fused-ring (bicyclic) bond motifs is 2. The summed E-state index contributed by atoms with van der Waals surface area (Å²) in [4.78, 5) is 42.6. The molecule has 0 bridgehead atoms. The number of nitrogens with one attached hydrogen (secondary N) is 3. The fraction of sp³-hybridized carbons (Fsp3) is 0.321. The van der Waals surface area contributed by atoms with Gasteiger partial charge in [-0.05, 0) is 51.6 Å². The average Bonchev–Trinajstić information content (AvgIpc) is 3.61. The predicted octanol–water partition coefficient (Wildman–Crippen LogP) is 5.52. The Bertz CT molecular complexity index is 1680. The van der Waals surface area contributed by atoms with E-state index in [1.165, 1.54) is 0 Å². The Balaban J connectivity index is 1.37. The van der Waals surface area contributed by atoms with E-state index in [4.69, 9.17) is 14.0 Å². The number of H-pyrrole nitrogens is 2. The number of furan rings is 1. The van der Waals surface area contributed by atoms with Crippen LogP contribution in [-0.4, -0.2) is 57.1 Å². The summed E-state index contributed by atoms with van der Waals surface area (Å²) in [5.41, 5.74) is 2.64. The van der Waals surface area contributed by atoms with Crippen LogP contribution in [0.4, 0.5) is 14.5 Å².